The van der Waals surface area contributed by atoms with Gasteiger partial charge in [-0.2, -0.15) is 0 Å². The van der Waals surface area contributed by atoms with E-state index in [0.717, 1.165) is 5.56 Å². The number of phenols is 2. The molecule has 2 N–H and O–H groups in total. The number of amides is 1. The van der Waals surface area contributed by atoms with E-state index in [4.69, 9.17) is 11.6 Å². The van der Waals surface area contributed by atoms with Crippen LogP contribution in [0.25, 0.3) is 0 Å². The van der Waals surface area contributed by atoms with Gasteiger partial charge >= 0.3 is 0 Å². The van der Waals surface area contributed by atoms with Crippen molar-refractivity contribution in [1.29, 1.82) is 0 Å². The maximum Gasteiger partial charge on any atom is 0.257 e. The first kappa shape index (κ1) is 15.2. The van der Waals surface area contributed by atoms with E-state index >= 15 is 0 Å². The normalized spacial score (nSPS) is 12.0. The molecule has 2 aromatic carbocycles. The van der Waals surface area contributed by atoms with Crippen molar-refractivity contribution in [1.82, 2.24) is 4.90 Å². The minimum Gasteiger partial charge on any atom is -0.508 e. The lowest BCUT2D eigenvalue weighted by Gasteiger charge is -2.26. The first-order valence-corrected chi connectivity index (χ1v) is 6.83. The molecule has 0 saturated carbocycles. The van der Waals surface area contributed by atoms with Gasteiger partial charge in [-0.15, -0.1) is 0 Å². The van der Waals surface area contributed by atoms with Crippen LogP contribution < -0.4 is 0 Å². The molecule has 110 valence electrons. The summed E-state index contributed by atoms with van der Waals surface area (Å²) in [5.41, 5.74) is 0.867. The molecule has 0 heterocycles. The minimum atomic E-state index is -0.393. The van der Waals surface area contributed by atoms with Crippen LogP contribution in [0.5, 0.6) is 11.5 Å². The number of hydrogen-bond acceptors (Lipinski definition) is 3. The summed E-state index contributed by atoms with van der Waals surface area (Å²) in [6.45, 7) is 1.85. The van der Waals surface area contributed by atoms with E-state index < -0.39 is 5.91 Å². The first-order chi connectivity index (χ1) is 9.91. The van der Waals surface area contributed by atoms with Gasteiger partial charge in [0, 0.05) is 12.1 Å². The molecule has 1 amide bonds. The Morgan fingerprint density at radius 1 is 1.19 bits per heavy atom. The Hall–Kier alpha value is -2.20. The Kier molecular flexibility index (Phi) is 4.38. The molecule has 5 heteroatoms. The van der Waals surface area contributed by atoms with Crippen LogP contribution in [0.4, 0.5) is 0 Å². The van der Waals surface area contributed by atoms with Crippen LogP contribution in [0.1, 0.15) is 28.9 Å². The third-order valence-corrected chi connectivity index (χ3v) is 3.81. The molecular weight excluding hydrogens is 290 g/mol. The summed E-state index contributed by atoms with van der Waals surface area (Å²) in [6.07, 6.45) is 0. The van der Waals surface area contributed by atoms with Crippen LogP contribution in [0.2, 0.25) is 5.02 Å². The van der Waals surface area contributed by atoms with Crippen molar-refractivity contribution in [2.75, 3.05) is 7.05 Å². The van der Waals surface area contributed by atoms with Crippen LogP contribution in [-0.4, -0.2) is 28.1 Å². The van der Waals surface area contributed by atoms with Gasteiger partial charge in [0.2, 0.25) is 0 Å². The second kappa shape index (κ2) is 6.06. The Labute approximate surface area is 128 Å². The summed E-state index contributed by atoms with van der Waals surface area (Å²) in [7, 11) is 1.62. The number of nitrogens with zero attached hydrogens (tertiary/aromatic N) is 1. The number of carbonyl (C=O) groups is 1. The topological polar surface area (TPSA) is 60.8 Å². The van der Waals surface area contributed by atoms with E-state index in [1.165, 1.54) is 23.1 Å². The number of aromatic hydroxyl groups is 2. The number of hydrogen-bond donors (Lipinski definition) is 2. The third-order valence-electron chi connectivity index (χ3n) is 3.47. The van der Waals surface area contributed by atoms with Crippen molar-refractivity contribution < 1.29 is 15.0 Å². The molecule has 0 radical (unpaired) electrons. The average Bonchev–Trinajstić information content (AvgIpc) is 2.48. The van der Waals surface area contributed by atoms with Gasteiger partial charge in [0.1, 0.15) is 11.5 Å². The second-order valence-electron chi connectivity index (χ2n) is 4.81. The highest BCUT2D eigenvalue weighted by atomic mass is 35.5. The zero-order valence-electron chi connectivity index (χ0n) is 11.7. The summed E-state index contributed by atoms with van der Waals surface area (Å²) in [5.74, 6) is -0.637. The summed E-state index contributed by atoms with van der Waals surface area (Å²) < 4.78 is 0. The molecule has 4 nitrogen and oxygen atoms in total. The molecule has 1 unspecified atom stereocenters. The lowest BCUT2D eigenvalue weighted by molar-refractivity contribution is 0.0739. The Morgan fingerprint density at radius 3 is 2.52 bits per heavy atom. The Bertz CT molecular complexity index is 672. The molecule has 2 rings (SSSR count). The Balaban J connectivity index is 2.31. The van der Waals surface area contributed by atoms with Gasteiger partial charge in [0.15, 0.2) is 0 Å². The van der Waals surface area contributed by atoms with Crippen molar-refractivity contribution in [3.05, 3.63) is 58.6 Å². The fourth-order valence-electron chi connectivity index (χ4n) is 2.08. The van der Waals surface area contributed by atoms with Gasteiger partial charge in [0.05, 0.1) is 11.6 Å². The number of benzene rings is 2. The summed E-state index contributed by atoms with van der Waals surface area (Å²) in [4.78, 5) is 13.9. The van der Waals surface area contributed by atoms with Crippen LogP contribution >= 0.6 is 11.6 Å². The van der Waals surface area contributed by atoms with Gasteiger partial charge in [-0.05, 0) is 36.8 Å². The van der Waals surface area contributed by atoms with Crippen molar-refractivity contribution >= 4 is 17.5 Å². The fourth-order valence-corrected chi connectivity index (χ4v) is 2.38. The molecule has 0 aromatic heterocycles. The quantitative estimate of drug-likeness (QED) is 0.852. The molecule has 1 atom stereocenters. The molecule has 0 bridgehead atoms. The molecule has 0 aliphatic carbocycles. The Morgan fingerprint density at radius 2 is 1.86 bits per heavy atom. The van der Waals surface area contributed by atoms with Crippen LogP contribution in [-0.2, 0) is 0 Å². The minimum absolute atomic E-state index is 0.0522. The molecular formula is C16H16ClNO3. The maximum atomic E-state index is 12.5. The largest absolute Gasteiger partial charge is 0.508 e. The van der Waals surface area contributed by atoms with Crippen molar-refractivity contribution in [3.8, 4) is 11.5 Å². The molecule has 0 saturated heterocycles. The lowest BCUT2D eigenvalue weighted by atomic mass is 10.1. The zero-order valence-corrected chi connectivity index (χ0v) is 12.5. The number of phenolic OH excluding ortho intramolecular Hbond substituents is 2. The SMILES string of the molecule is CC(c1ccccc1Cl)N(C)C(=O)c1cc(O)ccc1O. The highest BCUT2D eigenvalue weighted by Crippen LogP contribution is 2.29. The lowest BCUT2D eigenvalue weighted by Crippen LogP contribution is -2.29. The summed E-state index contributed by atoms with van der Waals surface area (Å²) in [5, 5.41) is 19.8. The molecule has 21 heavy (non-hydrogen) atoms. The standard InChI is InChI=1S/C16H16ClNO3/c1-10(12-5-3-4-6-14(12)17)18(2)16(21)13-9-11(19)7-8-15(13)20/h3-10,19-20H,1-2H3. The summed E-state index contributed by atoms with van der Waals surface area (Å²) in [6, 6.07) is 10.9. The molecule has 0 aliphatic heterocycles. The molecule has 2 aromatic rings. The van der Waals surface area contributed by atoms with Gasteiger partial charge in [-0.3, -0.25) is 4.79 Å². The predicted molar refractivity (Wildman–Crippen MR) is 81.7 cm³/mol. The molecule has 0 fully saturated rings. The van der Waals surface area contributed by atoms with Gasteiger partial charge in [-0.25, -0.2) is 0 Å². The van der Waals surface area contributed by atoms with Gasteiger partial charge < -0.3 is 15.1 Å². The predicted octanol–water partition coefficient (Wildman–Crippen LogP) is 3.58. The van der Waals surface area contributed by atoms with Crippen LogP contribution in [0.15, 0.2) is 42.5 Å². The van der Waals surface area contributed by atoms with E-state index in [-0.39, 0.29) is 23.1 Å². The highest BCUT2D eigenvalue weighted by Gasteiger charge is 2.22. The van der Waals surface area contributed by atoms with Crippen LogP contribution in [0.3, 0.4) is 0 Å². The third kappa shape index (κ3) is 3.11. The fraction of sp³-hybridized carbons (Fsp3) is 0.188. The number of halogens is 1. The zero-order chi connectivity index (χ0) is 15.6. The van der Waals surface area contributed by atoms with Gasteiger partial charge in [0.25, 0.3) is 5.91 Å². The molecule has 0 spiro atoms. The van der Waals surface area contributed by atoms with Gasteiger partial charge in [-0.1, -0.05) is 29.8 Å². The van der Waals surface area contributed by atoms with Crippen molar-refractivity contribution in [2.45, 2.75) is 13.0 Å². The van der Waals surface area contributed by atoms with Crippen molar-refractivity contribution in [2.24, 2.45) is 0 Å². The monoisotopic (exact) mass is 305 g/mol. The maximum absolute atomic E-state index is 12.5. The van der Waals surface area contributed by atoms with E-state index in [1.54, 1.807) is 13.1 Å². The van der Waals surface area contributed by atoms with Crippen LogP contribution in [0, 0.1) is 0 Å². The molecule has 0 aliphatic rings. The van der Waals surface area contributed by atoms with Crippen molar-refractivity contribution in [3.63, 3.8) is 0 Å². The smallest absolute Gasteiger partial charge is 0.257 e. The highest BCUT2D eigenvalue weighted by molar-refractivity contribution is 6.31. The van der Waals surface area contributed by atoms with E-state index in [9.17, 15) is 15.0 Å². The average molecular weight is 306 g/mol. The second-order valence-corrected chi connectivity index (χ2v) is 5.22. The summed E-state index contributed by atoms with van der Waals surface area (Å²) >= 11 is 6.14. The van der Waals surface area contributed by atoms with E-state index in [1.807, 2.05) is 25.1 Å². The van der Waals surface area contributed by atoms with E-state index in [2.05, 4.69) is 0 Å². The number of rotatable bonds is 3. The first-order valence-electron chi connectivity index (χ1n) is 6.45. The number of carbonyl (C=O) groups excluding carboxylic acids is 1. The van der Waals surface area contributed by atoms with E-state index in [0.29, 0.717) is 5.02 Å².